The summed E-state index contributed by atoms with van der Waals surface area (Å²) in [6.07, 6.45) is 8.15. The van der Waals surface area contributed by atoms with Gasteiger partial charge >= 0.3 is 5.97 Å². The molecule has 1 atom stereocenters. The minimum Gasteiger partial charge on any atom is -0.504 e. The fourth-order valence-electron chi connectivity index (χ4n) is 4.33. The third kappa shape index (κ3) is 8.07. The van der Waals surface area contributed by atoms with Crippen molar-refractivity contribution in [2.75, 3.05) is 13.1 Å². The molecule has 1 aliphatic rings. The number of carboxylic acid groups (broad SMARTS) is 1. The van der Waals surface area contributed by atoms with Crippen LogP contribution in [0, 0.1) is 0 Å². The Labute approximate surface area is 208 Å². The Morgan fingerprint density at radius 3 is 2.45 bits per heavy atom. The maximum absolute atomic E-state index is 11.0. The first-order valence-electron chi connectivity index (χ1n) is 11.3. The van der Waals surface area contributed by atoms with Gasteiger partial charge < -0.3 is 15.3 Å². The lowest BCUT2D eigenvalue weighted by molar-refractivity contribution is 0.0697. The van der Waals surface area contributed by atoms with Crippen LogP contribution in [0.2, 0.25) is 0 Å². The van der Waals surface area contributed by atoms with Crippen LogP contribution in [0.3, 0.4) is 0 Å². The van der Waals surface area contributed by atoms with Gasteiger partial charge in [0.1, 0.15) is 0 Å². The Kier molecular flexibility index (Phi) is 12.6. The lowest BCUT2D eigenvalue weighted by atomic mass is 9.87. The van der Waals surface area contributed by atoms with Crippen LogP contribution in [0.1, 0.15) is 66.1 Å². The summed E-state index contributed by atoms with van der Waals surface area (Å²) in [7, 11) is 0. The topological polar surface area (TPSA) is 93.0 Å². The van der Waals surface area contributed by atoms with Crippen LogP contribution in [-0.2, 0) is 19.3 Å². The molecule has 0 spiro atoms. The molecule has 0 heterocycles. The molecule has 2 aromatic rings. The molecule has 0 aromatic heterocycles. The summed E-state index contributed by atoms with van der Waals surface area (Å²) in [6, 6.07) is 10.9. The van der Waals surface area contributed by atoms with E-state index in [-0.39, 0.29) is 36.3 Å². The first-order valence-corrected chi connectivity index (χ1v) is 11.3. The van der Waals surface area contributed by atoms with Gasteiger partial charge in [-0.1, -0.05) is 44.4 Å². The van der Waals surface area contributed by atoms with Gasteiger partial charge in [0, 0.05) is 24.7 Å². The number of phenolic OH excluding ortho intramolecular Hbond substituents is 2. The van der Waals surface area contributed by atoms with E-state index < -0.39 is 5.97 Å². The molecule has 184 valence electrons. The number of unbranched alkanes of at least 4 members (excludes halogenated alkanes) is 3. The molecule has 0 saturated heterocycles. The Hall–Kier alpha value is -1.99. The fraction of sp³-hybridized carbons (Fsp3) is 0.480. The van der Waals surface area contributed by atoms with Gasteiger partial charge in [-0.15, -0.1) is 24.8 Å². The number of nitrogens with zero attached hydrogens (tertiary/aromatic N) is 1. The largest absolute Gasteiger partial charge is 0.504 e. The van der Waals surface area contributed by atoms with Crippen LogP contribution in [-0.4, -0.2) is 45.4 Å². The summed E-state index contributed by atoms with van der Waals surface area (Å²) in [5, 5.41) is 31.4. The summed E-state index contributed by atoms with van der Waals surface area (Å²) in [5.74, 6) is -0.913. The molecule has 1 unspecified atom stereocenters. The molecule has 2 aromatic carbocycles. The van der Waals surface area contributed by atoms with Gasteiger partial charge in [0.25, 0.3) is 0 Å². The molecule has 0 fully saturated rings. The van der Waals surface area contributed by atoms with Crippen LogP contribution in [0.15, 0.2) is 36.4 Å². The van der Waals surface area contributed by atoms with Crippen molar-refractivity contribution >= 4 is 30.8 Å². The first kappa shape index (κ1) is 29.0. The number of fused-ring (bicyclic) bond motifs is 1. The van der Waals surface area contributed by atoms with Gasteiger partial charge in [0.2, 0.25) is 0 Å². The third-order valence-corrected chi connectivity index (χ3v) is 6.16. The predicted octanol–water partition coefficient (Wildman–Crippen LogP) is 5.13. The van der Waals surface area contributed by atoms with Crippen LogP contribution >= 0.6 is 24.8 Å². The van der Waals surface area contributed by atoms with Gasteiger partial charge in [-0.2, -0.15) is 0 Å². The average molecular weight is 499 g/mol. The number of rotatable bonds is 11. The summed E-state index contributed by atoms with van der Waals surface area (Å²) in [4.78, 5) is 11.0. The van der Waals surface area contributed by atoms with E-state index in [1.54, 1.807) is 18.2 Å². The molecule has 0 aliphatic heterocycles. The number of aromatic hydroxyl groups is 2. The van der Waals surface area contributed by atoms with Crippen molar-refractivity contribution in [2.45, 2.75) is 64.3 Å². The van der Waals surface area contributed by atoms with Gasteiger partial charge in [0.05, 0.1) is 5.56 Å². The molecule has 0 bridgehead atoms. The minimum atomic E-state index is -0.903. The predicted molar refractivity (Wildman–Crippen MR) is 136 cm³/mol. The van der Waals surface area contributed by atoms with Crippen LogP contribution in [0.4, 0.5) is 0 Å². The Morgan fingerprint density at radius 1 is 1.06 bits per heavy atom. The smallest absolute Gasteiger partial charge is 0.335 e. The second-order valence-corrected chi connectivity index (χ2v) is 8.38. The maximum Gasteiger partial charge on any atom is 0.335 e. The fourth-order valence-corrected chi connectivity index (χ4v) is 4.33. The van der Waals surface area contributed by atoms with E-state index in [1.807, 2.05) is 18.2 Å². The van der Waals surface area contributed by atoms with Crippen molar-refractivity contribution in [3.8, 4) is 11.5 Å². The Bertz CT molecular complexity index is 877. The quantitative estimate of drug-likeness (QED) is 0.195. The maximum atomic E-state index is 11.0. The summed E-state index contributed by atoms with van der Waals surface area (Å²) < 4.78 is 0. The molecular formula is C25H36Cl2N2O4. The lowest BCUT2D eigenvalue weighted by Gasteiger charge is -2.36. The summed E-state index contributed by atoms with van der Waals surface area (Å²) >= 11 is 0. The highest BCUT2D eigenvalue weighted by molar-refractivity contribution is 5.87. The number of carboxylic acids is 1. The van der Waals surface area contributed by atoms with Crippen molar-refractivity contribution in [3.63, 3.8) is 0 Å². The molecule has 0 radical (unpaired) electrons. The lowest BCUT2D eigenvalue weighted by Crippen LogP contribution is -2.49. The highest BCUT2D eigenvalue weighted by Crippen LogP contribution is 2.36. The van der Waals surface area contributed by atoms with E-state index in [0.717, 1.165) is 61.9 Å². The standard InChI is InChI=1S/C25H34N2O4.2ClH/c1-2-3-4-5-16-27(26-15-14-18-6-8-19(9-7-18)25(30)31)21-11-12-22-20(17-21)10-13-23(28)24(22)29;;/h6-10,13,21,26,28-29H,2-5,11-12,14-17H2,1H3,(H,30,31);2*1H. The number of carbonyl (C=O) groups is 1. The number of benzene rings is 2. The van der Waals surface area contributed by atoms with Crippen molar-refractivity contribution in [1.82, 2.24) is 10.4 Å². The molecule has 0 saturated carbocycles. The third-order valence-electron chi connectivity index (χ3n) is 6.16. The number of nitrogens with one attached hydrogen (secondary N) is 1. The van der Waals surface area contributed by atoms with E-state index >= 15 is 0 Å². The van der Waals surface area contributed by atoms with Crippen molar-refractivity contribution < 1.29 is 20.1 Å². The average Bonchev–Trinajstić information content (AvgIpc) is 2.78. The molecule has 0 amide bonds. The van der Waals surface area contributed by atoms with E-state index in [0.29, 0.717) is 11.6 Å². The normalized spacial score (nSPS) is 14.8. The van der Waals surface area contributed by atoms with Gasteiger partial charge in [-0.25, -0.2) is 9.80 Å². The molecule has 6 nitrogen and oxygen atoms in total. The number of phenols is 2. The Morgan fingerprint density at radius 2 is 1.79 bits per heavy atom. The number of hydrogen-bond acceptors (Lipinski definition) is 5. The zero-order valence-corrected chi connectivity index (χ0v) is 20.8. The number of aromatic carboxylic acids is 1. The zero-order chi connectivity index (χ0) is 22.2. The van der Waals surface area contributed by atoms with E-state index in [1.165, 1.54) is 19.3 Å². The second kappa shape index (κ2) is 14.3. The Balaban J connectivity index is 0.00000272. The molecular weight excluding hydrogens is 463 g/mol. The molecule has 3 rings (SSSR count). The van der Waals surface area contributed by atoms with E-state index in [4.69, 9.17) is 5.11 Å². The van der Waals surface area contributed by atoms with Crippen molar-refractivity contribution in [2.24, 2.45) is 0 Å². The highest BCUT2D eigenvalue weighted by atomic mass is 35.5. The first-order chi connectivity index (χ1) is 15.0. The highest BCUT2D eigenvalue weighted by Gasteiger charge is 2.26. The van der Waals surface area contributed by atoms with E-state index in [9.17, 15) is 15.0 Å². The van der Waals surface area contributed by atoms with Crippen molar-refractivity contribution in [1.29, 1.82) is 0 Å². The second-order valence-electron chi connectivity index (χ2n) is 8.38. The molecule has 1 aliphatic carbocycles. The number of halogens is 2. The SMILES string of the molecule is CCCCCCN(NCCc1ccc(C(=O)O)cc1)C1CCc2c(ccc(O)c2O)C1.Cl.Cl. The summed E-state index contributed by atoms with van der Waals surface area (Å²) in [6.45, 7) is 3.97. The molecule has 4 N–H and O–H groups in total. The summed E-state index contributed by atoms with van der Waals surface area (Å²) in [5.41, 5.74) is 7.02. The van der Waals surface area contributed by atoms with Crippen LogP contribution in [0.25, 0.3) is 0 Å². The number of hydrogen-bond donors (Lipinski definition) is 4. The van der Waals surface area contributed by atoms with Gasteiger partial charge in [-0.05, 0) is 61.4 Å². The van der Waals surface area contributed by atoms with Gasteiger partial charge in [-0.3, -0.25) is 5.43 Å². The minimum absolute atomic E-state index is 0. The van der Waals surface area contributed by atoms with Crippen LogP contribution < -0.4 is 5.43 Å². The molecule has 33 heavy (non-hydrogen) atoms. The van der Waals surface area contributed by atoms with Crippen LogP contribution in [0.5, 0.6) is 11.5 Å². The number of hydrazine groups is 1. The molecule has 8 heteroatoms. The zero-order valence-electron chi connectivity index (χ0n) is 19.1. The van der Waals surface area contributed by atoms with Crippen molar-refractivity contribution in [3.05, 3.63) is 58.7 Å². The monoisotopic (exact) mass is 498 g/mol. The van der Waals surface area contributed by atoms with Gasteiger partial charge in [0.15, 0.2) is 11.5 Å². The van der Waals surface area contributed by atoms with E-state index in [2.05, 4.69) is 17.4 Å².